The van der Waals surface area contributed by atoms with Gasteiger partial charge in [-0.25, -0.2) is 0 Å². The zero-order valence-electron chi connectivity index (χ0n) is 11.2. The van der Waals surface area contributed by atoms with Crippen molar-refractivity contribution in [1.29, 1.82) is 0 Å². The molecule has 1 aromatic rings. The van der Waals surface area contributed by atoms with Gasteiger partial charge in [-0.3, -0.25) is 14.5 Å². The molecule has 2 amide bonds. The summed E-state index contributed by atoms with van der Waals surface area (Å²) < 4.78 is 15.7. The molecule has 6 nitrogen and oxygen atoms in total. The van der Waals surface area contributed by atoms with Crippen LogP contribution >= 0.6 is 0 Å². The third kappa shape index (κ3) is 3.61. The standard InChI is InChI=1S/C13H17NO5/c1-17-11-6-10(4-5-14(8-15)9-16)7-12(18-2)13(11)19-3/h6-9H,4-5H2,1-3H3. The van der Waals surface area contributed by atoms with E-state index >= 15 is 0 Å². The summed E-state index contributed by atoms with van der Waals surface area (Å²) >= 11 is 0. The van der Waals surface area contributed by atoms with Crippen LogP contribution in [0.1, 0.15) is 5.56 Å². The fourth-order valence-electron chi connectivity index (χ4n) is 1.67. The molecule has 0 N–H and O–H groups in total. The van der Waals surface area contributed by atoms with Crippen LogP contribution in [0.3, 0.4) is 0 Å². The van der Waals surface area contributed by atoms with Crippen LogP contribution in [-0.2, 0) is 16.0 Å². The molecule has 0 saturated heterocycles. The van der Waals surface area contributed by atoms with Gasteiger partial charge >= 0.3 is 0 Å². The molecule has 0 unspecified atom stereocenters. The van der Waals surface area contributed by atoms with E-state index in [1.165, 1.54) is 21.3 Å². The van der Waals surface area contributed by atoms with Crippen LogP contribution in [0.4, 0.5) is 0 Å². The van der Waals surface area contributed by atoms with E-state index in [1.54, 1.807) is 12.1 Å². The van der Waals surface area contributed by atoms with Gasteiger partial charge in [-0.2, -0.15) is 0 Å². The largest absolute Gasteiger partial charge is 0.493 e. The third-order valence-corrected chi connectivity index (χ3v) is 2.65. The molecule has 0 saturated carbocycles. The average molecular weight is 267 g/mol. The number of imide groups is 1. The lowest BCUT2D eigenvalue weighted by atomic mass is 10.1. The zero-order valence-corrected chi connectivity index (χ0v) is 11.2. The van der Waals surface area contributed by atoms with E-state index in [0.29, 0.717) is 43.0 Å². The average Bonchev–Trinajstić information content (AvgIpc) is 2.46. The van der Waals surface area contributed by atoms with E-state index in [0.717, 1.165) is 10.5 Å². The predicted molar refractivity (Wildman–Crippen MR) is 68.6 cm³/mol. The summed E-state index contributed by atoms with van der Waals surface area (Å²) in [4.78, 5) is 22.1. The van der Waals surface area contributed by atoms with Crippen LogP contribution in [0, 0.1) is 0 Å². The highest BCUT2D eigenvalue weighted by Gasteiger charge is 2.13. The molecular formula is C13H17NO5. The number of nitrogens with zero attached hydrogens (tertiary/aromatic N) is 1. The Morgan fingerprint density at radius 2 is 1.53 bits per heavy atom. The van der Waals surface area contributed by atoms with Crippen molar-refractivity contribution in [2.45, 2.75) is 6.42 Å². The molecule has 0 bridgehead atoms. The molecule has 0 atom stereocenters. The fraction of sp³-hybridized carbons (Fsp3) is 0.385. The molecule has 0 aliphatic rings. The second-order valence-corrected chi connectivity index (χ2v) is 3.73. The van der Waals surface area contributed by atoms with E-state index in [4.69, 9.17) is 14.2 Å². The summed E-state index contributed by atoms with van der Waals surface area (Å²) in [6, 6.07) is 3.57. The molecule has 0 aliphatic carbocycles. The van der Waals surface area contributed by atoms with Crippen molar-refractivity contribution in [3.8, 4) is 17.2 Å². The zero-order chi connectivity index (χ0) is 14.3. The van der Waals surface area contributed by atoms with Crippen LogP contribution in [0.15, 0.2) is 12.1 Å². The summed E-state index contributed by atoms with van der Waals surface area (Å²) in [6.07, 6.45) is 1.49. The molecule has 6 heteroatoms. The number of hydrogen-bond donors (Lipinski definition) is 0. The topological polar surface area (TPSA) is 65.1 Å². The normalized spacial score (nSPS) is 9.63. The first-order chi connectivity index (χ1) is 9.19. The van der Waals surface area contributed by atoms with Crippen molar-refractivity contribution >= 4 is 12.8 Å². The maximum absolute atomic E-state index is 10.5. The van der Waals surface area contributed by atoms with Crippen molar-refractivity contribution in [2.24, 2.45) is 0 Å². The lowest BCUT2D eigenvalue weighted by Gasteiger charge is -2.15. The Morgan fingerprint density at radius 3 is 1.89 bits per heavy atom. The highest BCUT2D eigenvalue weighted by molar-refractivity contribution is 5.68. The van der Waals surface area contributed by atoms with Gasteiger partial charge in [-0.15, -0.1) is 0 Å². The second-order valence-electron chi connectivity index (χ2n) is 3.73. The van der Waals surface area contributed by atoms with E-state index < -0.39 is 0 Å². The molecule has 0 spiro atoms. The first-order valence-electron chi connectivity index (χ1n) is 5.65. The van der Waals surface area contributed by atoms with E-state index in [-0.39, 0.29) is 0 Å². The molecule has 0 heterocycles. The Labute approximate surface area is 111 Å². The molecule has 19 heavy (non-hydrogen) atoms. The summed E-state index contributed by atoms with van der Waals surface area (Å²) in [6.45, 7) is 0.297. The summed E-state index contributed by atoms with van der Waals surface area (Å²) in [7, 11) is 4.59. The Balaban J connectivity index is 2.96. The van der Waals surface area contributed by atoms with Gasteiger partial charge in [0, 0.05) is 6.54 Å². The van der Waals surface area contributed by atoms with Crippen molar-refractivity contribution in [1.82, 2.24) is 4.90 Å². The summed E-state index contributed by atoms with van der Waals surface area (Å²) in [5.41, 5.74) is 0.878. The number of carbonyl (C=O) groups is 2. The van der Waals surface area contributed by atoms with Gasteiger partial charge in [-0.05, 0) is 24.1 Å². The summed E-state index contributed by atoms with van der Waals surface area (Å²) in [5, 5.41) is 0. The van der Waals surface area contributed by atoms with Gasteiger partial charge in [0.1, 0.15) is 0 Å². The minimum Gasteiger partial charge on any atom is -0.493 e. The molecular weight excluding hydrogens is 250 g/mol. The minimum atomic E-state index is 0.297. The lowest BCUT2D eigenvalue weighted by Crippen LogP contribution is -2.22. The number of methoxy groups -OCH3 is 3. The number of ether oxygens (including phenoxy) is 3. The third-order valence-electron chi connectivity index (χ3n) is 2.65. The molecule has 0 aromatic heterocycles. The predicted octanol–water partition coefficient (Wildman–Crippen LogP) is 0.870. The van der Waals surface area contributed by atoms with Crippen LogP contribution in [0.2, 0.25) is 0 Å². The first kappa shape index (κ1) is 14.8. The number of hydrogen-bond acceptors (Lipinski definition) is 5. The van der Waals surface area contributed by atoms with E-state index in [1.807, 2.05) is 0 Å². The highest BCUT2D eigenvalue weighted by atomic mass is 16.5. The van der Waals surface area contributed by atoms with Gasteiger partial charge in [0.05, 0.1) is 21.3 Å². The van der Waals surface area contributed by atoms with Gasteiger partial charge in [0.15, 0.2) is 11.5 Å². The van der Waals surface area contributed by atoms with Crippen LogP contribution in [0.5, 0.6) is 17.2 Å². The molecule has 1 aromatic carbocycles. The maximum atomic E-state index is 10.5. The van der Waals surface area contributed by atoms with Crippen molar-refractivity contribution in [3.05, 3.63) is 17.7 Å². The second kappa shape index (κ2) is 7.25. The smallest absolute Gasteiger partial charge is 0.216 e. The van der Waals surface area contributed by atoms with Gasteiger partial charge < -0.3 is 14.2 Å². The van der Waals surface area contributed by atoms with E-state index in [2.05, 4.69) is 0 Å². The van der Waals surface area contributed by atoms with Crippen LogP contribution in [-0.4, -0.2) is 45.6 Å². The van der Waals surface area contributed by atoms with Crippen LogP contribution in [0.25, 0.3) is 0 Å². The van der Waals surface area contributed by atoms with Gasteiger partial charge in [0.25, 0.3) is 0 Å². The Bertz CT molecular complexity index is 414. The fourth-order valence-corrected chi connectivity index (χ4v) is 1.67. The van der Waals surface area contributed by atoms with Gasteiger partial charge in [-0.1, -0.05) is 0 Å². The summed E-state index contributed by atoms with van der Waals surface area (Å²) in [5.74, 6) is 1.59. The SMILES string of the molecule is COc1cc(CCN(C=O)C=O)cc(OC)c1OC. The molecule has 0 fully saturated rings. The Kier molecular flexibility index (Phi) is 5.66. The van der Waals surface area contributed by atoms with Crippen LogP contribution < -0.4 is 14.2 Å². The van der Waals surface area contributed by atoms with Gasteiger partial charge in [0.2, 0.25) is 18.6 Å². The molecule has 1 rings (SSSR count). The minimum absolute atomic E-state index is 0.297. The monoisotopic (exact) mass is 267 g/mol. The Hall–Kier alpha value is -2.24. The molecule has 104 valence electrons. The van der Waals surface area contributed by atoms with Crippen molar-refractivity contribution in [2.75, 3.05) is 27.9 Å². The first-order valence-corrected chi connectivity index (χ1v) is 5.65. The Morgan fingerprint density at radius 1 is 1.00 bits per heavy atom. The lowest BCUT2D eigenvalue weighted by molar-refractivity contribution is -0.129. The van der Waals surface area contributed by atoms with Crippen molar-refractivity contribution < 1.29 is 23.8 Å². The number of benzene rings is 1. The number of amides is 2. The van der Waals surface area contributed by atoms with Crippen molar-refractivity contribution in [3.63, 3.8) is 0 Å². The quantitative estimate of drug-likeness (QED) is 0.654. The van der Waals surface area contributed by atoms with E-state index in [9.17, 15) is 9.59 Å². The highest BCUT2D eigenvalue weighted by Crippen LogP contribution is 2.38. The number of carbonyl (C=O) groups excluding carboxylic acids is 2. The molecule has 0 aliphatic heterocycles. The number of rotatable bonds is 8. The maximum Gasteiger partial charge on any atom is 0.216 e. The molecule has 0 radical (unpaired) electrons.